The van der Waals surface area contributed by atoms with Gasteiger partial charge in [0.2, 0.25) is 0 Å². The van der Waals surface area contributed by atoms with Crippen molar-refractivity contribution in [3.05, 3.63) is 34.3 Å². The largest absolute Gasteiger partial charge is 0.492 e. The zero-order valence-electron chi connectivity index (χ0n) is 8.34. The minimum atomic E-state index is -1.48. The van der Waals surface area contributed by atoms with Gasteiger partial charge in [0.05, 0.1) is 6.61 Å². The van der Waals surface area contributed by atoms with Gasteiger partial charge in [0.25, 0.3) is 0 Å². The molecule has 0 radical (unpaired) electrons. The Morgan fingerprint density at radius 1 is 1.80 bits per heavy atom. The first-order chi connectivity index (χ1) is 7.10. The monoisotopic (exact) mass is 233 g/mol. The van der Waals surface area contributed by atoms with Crippen LogP contribution in [-0.2, 0) is 4.74 Å². The third kappa shape index (κ3) is 2.75. The van der Waals surface area contributed by atoms with Crippen molar-refractivity contribution in [2.24, 2.45) is 5.73 Å². The molecule has 0 aromatic rings. The Morgan fingerprint density at radius 2 is 2.47 bits per heavy atom. The summed E-state index contributed by atoms with van der Waals surface area (Å²) in [6, 6.07) is 0. The normalized spacial score (nSPS) is 22.8. The highest BCUT2D eigenvalue weighted by molar-refractivity contribution is 7.83. The van der Waals surface area contributed by atoms with E-state index >= 15 is 0 Å². The minimum absolute atomic E-state index is 0.0195. The van der Waals surface area contributed by atoms with Gasteiger partial charge in [0, 0.05) is 12.1 Å². The number of hydrogen-bond acceptors (Lipinski definition) is 3. The molecule has 1 aliphatic carbocycles. The molecule has 0 heterocycles. The number of alkyl halides is 1. The zero-order valence-corrected chi connectivity index (χ0v) is 9.23. The van der Waals surface area contributed by atoms with E-state index in [-0.39, 0.29) is 24.5 Å². The maximum absolute atomic E-state index is 13.5. The first-order valence-corrected chi connectivity index (χ1v) is 5.09. The van der Waals surface area contributed by atoms with Crippen molar-refractivity contribution in [1.82, 2.24) is 0 Å². The van der Waals surface area contributed by atoms with Crippen LogP contribution in [0.3, 0.4) is 0 Å². The van der Waals surface area contributed by atoms with Crippen molar-refractivity contribution in [1.29, 1.82) is 0 Å². The summed E-state index contributed by atoms with van der Waals surface area (Å²) in [4.78, 5) is 0. The summed E-state index contributed by atoms with van der Waals surface area (Å²) < 4.78 is 31.7. The van der Waals surface area contributed by atoms with E-state index in [1.165, 1.54) is 11.5 Å². The van der Waals surface area contributed by atoms with Crippen LogP contribution in [0.4, 0.5) is 8.78 Å². The molecule has 0 spiro atoms. The van der Waals surface area contributed by atoms with Crippen LogP contribution in [0.2, 0.25) is 0 Å². The molecule has 1 atom stereocenters. The molecule has 1 rings (SSSR count). The maximum Gasteiger partial charge on any atom is 0.166 e. The summed E-state index contributed by atoms with van der Waals surface area (Å²) in [7, 11) is 0. The Bertz CT molecular complexity index is 336. The van der Waals surface area contributed by atoms with Crippen molar-refractivity contribution >= 4 is 12.6 Å². The highest BCUT2D eigenvalue weighted by Gasteiger charge is 2.26. The number of halogens is 2. The molecule has 0 bridgehead atoms. The number of nitrogens with two attached hydrogens (primary N) is 1. The lowest BCUT2D eigenvalue weighted by atomic mass is 9.99. The summed E-state index contributed by atoms with van der Waals surface area (Å²) in [6.07, 6.45) is -0.272. The van der Waals surface area contributed by atoms with Gasteiger partial charge in [-0.25, -0.2) is 8.78 Å². The van der Waals surface area contributed by atoms with E-state index in [0.717, 1.165) is 0 Å². The van der Waals surface area contributed by atoms with Gasteiger partial charge < -0.3 is 10.5 Å². The molecular weight excluding hydrogens is 220 g/mol. The average molecular weight is 233 g/mol. The molecule has 84 valence electrons. The third-order valence-corrected chi connectivity index (χ3v) is 2.31. The Hall–Kier alpha value is -0.970. The summed E-state index contributed by atoms with van der Waals surface area (Å²) in [5.41, 5.74) is 6.18. The van der Waals surface area contributed by atoms with E-state index in [1.807, 2.05) is 0 Å². The van der Waals surface area contributed by atoms with Crippen molar-refractivity contribution in [2.75, 3.05) is 6.61 Å². The van der Waals surface area contributed by atoms with Crippen LogP contribution in [0, 0.1) is 0 Å². The predicted molar refractivity (Wildman–Crippen MR) is 58.6 cm³/mol. The number of ether oxygens (including phenoxy) is 1. The average Bonchev–Trinajstić information content (AvgIpc) is 2.22. The standard InChI is InChI=1S/C10H13F2NOS/c1-2-14-10-7(11)3-6(4-8(10)12)9(13)5-15/h3,5,8,15H,2,4,13H2,1H3/b9-5-. The van der Waals surface area contributed by atoms with Crippen molar-refractivity contribution < 1.29 is 13.5 Å². The SMILES string of the molecule is CCOC1=C(F)C=C(/C(N)=C/S)CC1F. The fourth-order valence-corrected chi connectivity index (χ4v) is 1.48. The topological polar surface area (TPSA) is 35.2 Å². The number of thiol groups is 1. The molecule has 15 heavy (non-hydrogen) atoms. The lowest BCUT2D eigenvalue weighted by molar-refractivity contribution is 0.153. The van der Waals surface area contributed by atoms with E-state index in [1.54, 1.807) is 6.92 Å². The summed E-state index contributed by atoms with van der Waals surface area (Å²) in [5.74, 6) is -0.947. The van der Waals surface area contributed by atoms with Crippen molar-refractivity contribution in [3.8, 4) is 0 Å². The zero-order chi connectivity index (χ0) is 11.4. The lowest BCUT2D eigenvalue weighted by Crippen LogP contribution is -2.17. The van der Waals surface area contributed by atoms with Crippen LogP contribution in [0.25, 0.3) is 0 Å². The van der Waals surface area contributed by atoms with Gasteiger partial charge in [-0.15, -0.1) is 12.6 Å². The highest BCUT2D eigenvalue weighted by atomic mass is 32.1. The molecule has 5 heteroatoms. The number of allylic oxidation sites excluding steroid dienone is 4. The van der Waals surface area contributed by atoms with Crippen molar-refractivity contribution in [2.45, 2.75) is 19.5 Å². The molecule has 1 aliphatic rings. The molecule has 1 unspecified atom stereocenters. The molecule has 0 fully saturated rings. The predicted octanol–water partition coefficient (Wildman–Crippen LogP) is 2.60. The van der Waals surface area contributed by atoms with Gasteiger partial charge in [-0.05, 0) is 24.0 Å². The molecule has 0 aromatic carbocycles. The molecule has 0 aliphatic heterocycles. The van der Waals surface area contributed by atoms with E-state index in [4.69, 9.17) is 10.5 Å². The van der Waals surface area contributed by atoms with Crippen LogP contribution in [-0.4, -0.2) is 12.8 Å². The molecular formula is C10H13F2NOS. The summed E-state index contributed by atoms with van der Waals surface area (Å²) in [6.45, 7) is 1.92. The number of rotatable bonds is 3. The Kier molecular flexibility index (Phi) is 4.20. The second-order valence-electron chi connectivity index (χ2n) is 3.07. The van der Waals surface area contributed by atoms with Crippen LogP contribution in [0.1, 0.15) is 13.3 Å². The van der Waals surface area contributed by atoms with Gasteiger partial charge in [-0.3, -0.25) is 0 Å². The van der Waals surface area contributed by atoms with Gasteiger partial charge in [-0.1, -0.05) is 0 Å². The minimum Gasteiger partial charge on any atom is -0.492 e. The van der Waals surface area contributed by atoms with Crippen LogP contribution in [0.5, 0.6) is 0 Å². The number of hydrogen-bond donors (Lipinski definition) is 2. The van der Waals surface area contributed by atoms with Gasteiger partial charge in [0.1, 0.15) is 0 Å². The maximum atomic E-state index is 13.5. The van der Waals surface area contributed by atoms with Gasteiger partial charge in [0.15, 0.2) is 17.8 Å². The molecule has 0 aromatic heterocycles. The molecule has 0 amide bonds. The smallest absolute Gasteiger partial charge is 0.166 e. The first kappa shape index (κ1) is 12.1. The first-order valence-electron chi connectivity index (χ1n) is 4.57. The quantitative estimate of drug-likeness (QED) is 0.735. The van der Waals surface area contributed by atoms with E-state index in [2.05, 4.69) is 12.6 Å². The second-order valence-corrected chi connectivity index (χ2v) is 3.33. The summed E-state index contributed by atoms with van der Waals surface area (Å²) in [5, 5.41) is 1.32. The molecule has 0 saturated heterocycles. The lowest BCUT2D eigenvalue weighted by Gasteiger charge is -2.20. The van der Waals surface area contributed by atoms with Gasteiger partial charge in [-0.2, -0.15) is 0 Å². The third-order valence-electron chi connectivity index (χ3n) is 2.03. The van der Waals surface area contributed by atoms with Crippen LogP contribution >= 0.6 is 12.6 Å². The highest BCUT2D eigenvalue weighted by Crippen LogP contribution is 2.30. The Labute approximate surface area is 92.9 Å². The fourth-order valence-electron chi connectivity index (χ4n) is 1.32. The van der Waals surface area contributed by atoms with Gasteiger partial charge >= 0.3 is 0 Å². The Balaban J connectivity index is 2.97. The second kappa shape index (κ2) is 5.21. The fraction of sp³-hybridized carbons (Fsp3) is 0.400. The van der Waals surface area contributed by atoms with E-state index < -0.39 is 12.0 Å². The van der Waals surface area contributed by atoms with Crippen LogP contribution < -0.4 is 5.73 Å². The Morgan fingerprint density at radius 3 is 2.93 bits per heavy atom. The summed E-state index contributed by atoms with van der Waals surface area (Å²) >= 11 is 3.83. The molecule has 2 N–H and O–H groups in total. The van der Waals surface area contributed by atoms with Crippen molar-refractivity contribution in [3.63, 3.8) is 0 Å². The molecule has 2 nitrogen and oxygen atoms in total. The van der Waals surface area contributed by atoms with E-state index in [9.17, 15) is 8.78 Å². The van der Waals surface area contributed by atoms with E-state index in [0.29, 0.717) is 5.57 Å². The van der Waals surface area contributed by atoms with Crippen LogP contribution in [0.15, 0.2) is 34.3 Å². The molecule has 0 saturated carbocycles.